The Morgan fingerprint density at radius 2 is 1.84 bits per heavy atom. The molecule has 2 fully saturated rings. The molecule has 1 aromatic carbocycles. The fourth-order valence-corrected chi connectivity index (χ4v) is 4.75. The first-order valence-corrected chi connectivity index (χ1v) is 9.89. The standard InChI is InChI=1S/C16H19N3O5S/c20-14-2-1-8-19(14)13-5-3-11(4-6-13)15(21)17-18-16(22)12-7-9-25(23,24)10-12/h3-6,12H,1-2,7-10H2,(H,17,21)(H,18,22)/t12-/m0/s1. The summed E-state index contributed by atoms with van der Waals surface area (Å²) >= 11 is 0. The Hall–Kier alpha value is -2.42. The average molecular weight is 365 g/mol. The van der Waals surface area contributed by atoms with Gasteiger partial charge in [-0.15, -0.1) is 0 Å². The molecule has 1 atom stereocenters. The molecule has 9 heteroatoms. The van der Waals surface area contributed by atoms with Crippen LogP contribution in [0.4, 0.5) is 5.69 Å². The van der Waals surface area contributed by atoms with E-state index in [4.69, 9.17) is 0 Å². The molecule has 0 aromatic heterocycles. The van der Waals surface area contributed by atoms with E-state index in [9.17, 15) is 22.8 Å². The second-order valence-corrected chi connectivity index (χ2v) is 8.47. The molecule has 134 valence electrons. The van der Waals surface area contributed by atoms with Crippen molar-refractivity contribution < 1.29 is 22.8 Å². The van der Waals surface area contributed by atoms with Crippen LogP contribution in [0.2, 0.25) is 0 Å². The van der Waals surface area contributed by atoms with E-state index in [1.54, 1.807) is 29.2 Å². The minimum Gasteiger partial charge on any atom is -0.312 e. The number of nitrogens with one attached hydrogen (secondary N) is 2. The summed E-state index contributed by atoms with van der Waals surface area (Å²) in [6.45, 7) is 0.671. The zero-order valence-corrected chi connectivity index (χ0v) is 14.3. The van der Waals surface area contributed by atoms with E-state index in [0.29, 0.717) is 18.5 Å². The lowest BCUT2D eigenvalue weighted by atomic mass is 10.1. The lowest BCUT2D eigenvalue weighted by Gasteiger charge is -2.16. The Kier molecular flexibility index (Phi) is 4.76. The zero-order chi connectivity index (χ0) is 18.0. The number of anilines is 1. The summed E-state index contributed by atoms with van der Waals surface area (Å²) in [5.41, 5.74) is 5.62. The van der Waals surface area contributed by atoms with Crippen molar-refractivity contribution in [1.82, 2.24) is 10.9 Å². The fourth-order valence-electron chi connectivity index (χ4n) is 3.01. The molecule has 3 rings (SSSR count). The summed E-state index contributed by atoms with van der Waals surface area (Å²) in [4.78, 5) is 37.3. The SMILES string of the molecule is O=C(NNC(=O)[C@H]1CCS(=O)(=O)C1)c1ccc(N2CCCC2=O)cc1. The maximum atomic E-state index is 12.1. The Morgan fingerprint density at radius 1 is 1.12 bits per heavy atom. The molecule has 2 heterocycles. The van der Waals surface area contributed by atoms with Gasteiger partial charge in [-0.05, 0) is 37.1 Å². The summed E-state index contributed by atoms with van der Waals surface area (Å²) in [6, 6.07) is 6.51. The van der Waals surface area contributed by atoms with Crippen molar-refractivity contribution in [2.45, 2.75) is 19.3 Å². The number of benzene rings is 1. The monoisotopic (exact) mass is 365 g/mol. The number of carbonyl (C=O) groups is 3. The van der Waals surface area contributed by atoms with E-state index in [1.807, 2.05) is 0 Å². The van der Waals surface area contributed by atoms with E-state index < -0.39 is 27.6 Å². The Labute approximate surface area is 145 Å². The molecule has 3 amide bonds. The molecule has 8 nitrogen and oxygen atoms in total. The summed E-state index contributed by atoms with van der Waals surface area (Å²) < 4.78 is 22.7. The van der Waals surface area contributed by atoms with Gasteiger partial charge in [-0.2, -0.15) is 0 Å². The topological polar surface area (TPSA) is 113 Å². The van der Waals surface area contributed by atoms with E-state index in [1.165, 1.54) is 0 Å². The number of hydrogen-bond acceptors (Lipinski definition) is 5. The van der Waals surface area contributed by atoms with Crippen molar-refractivity contribution in [3.63, 3.8) is 0 Å². The quantitative estimate of drug-likeness (QED) is 0.733. The van der Waals surface area contributed by atoms with Crippen molar-refractivity contribution in [3.05, 3.63) is 29.8 Å². The lowest BCUT2D eigenvalue weighted by molar-refractivity contribution is -0.125. The minimum atomic E-state index is -3.15. The highest BCUT2D eigenvalue weighted by Gasteiger charge is 2.33. The lowest BCUT2D eigenvalue weighted by Crippen LogP contribution is -2.44. The van der Waals surface area contributed by atoms with Crippen LogP contribution in [0.3, 0.4) is 0 Å². The largest absolute Gasteiger partial charge is 0.312 e. The van der Waals surface area contributed by atoms with Gasteiger partial charge in [-0.1, -0.05) is 0 Å². The number of hydrazine groups is 1. The van der Waals surface area contributed by atoms with Crippen LogP contribution in [0.5, 0.6) is 0 Å². The molecule has 0 spiro atoms. The smallest absolute Gasteiger partial charge is 0.269 e. The van der Waals surface area contributed by atoms with E-state index >= 15 is 0 Å². The third-order valence-electron chi connectivity index (χ3n) is 4.42. The van der Waals surface area contributed by atoms with Crippen molar-refractivity contribution in [1.29, 1.82) is 0 Å². The number of hydrogen-bond donors (Lipinski definition) is 2. The van der Waals surface area contributed by atoms with Gasteiger partial charge in [0.05, 0.1) is 17.4 Å². The first kappa shape index (κ1) is 17.4. The number of nitrogens with zero attached hydrogens (tertiary/aromatic N) is 1. The Morgan fingerprint density at radius 3 is 2.40 bits per heavy atom. The Bertz CT molecular complexity index is 804. The van der Waals surface area contributed by atoms with Crippen LogP contribution in [0.15, 0.2) is 24.3 Å². The fraction of sp³-hybridized carbons (Fsp3) is 0.438. The predicted octanol–water partition coefficient (Wildman–Crippen LogP) is 0.00910. The highest BCUT2D eigenvalue weighted by atomic mass is 32.2. The van der Waals surface area contributed by atoms with Gasteiger partial charge in [0.25, 0.3) is 5.91 Å². The molecule has 0 bridgehead atoms. The van der Waals surface area contributed by atoms with Crippen LogP contribution in [-0.4, -0.2) is 44.2 Å². The van der Waals surface area contributed by atoms with Crippen LogP contribution in [0.1, 0.15) is 29.6 Å². The van der Waals surface area contributed by atoms with Gasteiger partial charge in [-0.3, -0.25) is 25.2 Å². The van der Waals surface area contributed by atoms with Crippen molar-refractivity contribution in [2.24, 2.45) is 5.92 Å². The number of sulfone groups is 1. The highest BCUT2D eigenvalue weighted by molar-refractivity contribution is 7.91. The third-order valence-corrected chi connectivity index (χ3v) is 6.18. The van der Waals surface area contributed by atoms with Gasteiger partial charge in [0.15, 0.2) is 9.84 Å². The summed E-state index contributed by atoms with van der Waals surface area (Å²) in [6.07, 6.45) is 1.62. The van der Waals surface area contributed by atoms with Crippen LogP contribution >= 0.6 is 0 Å². The number of rotatable bonds is 3. The van der Waals surface area contributed by atoms with Crippen molar-refractivity contribution in [2.75, 3.05) is 23.0 Å². The molecule has 0 aliphatic carbocycles. The number of carbonyl (C=O) groups excluding carboxylic acids is 3. The second-order valence-electron chi connectivity index (χ2n) is 6.24. The number of amides is 3. The normalized spacial score (nSPS) is 22.0. The van der Waals surface area contributed by atoms with Gasteiger partial charge < -0.3 is 4.90 Å². The molecule has 0 unspecified atom stereocenters. The minimum absolute atomic E-state index is 0.00425. The molecule has 0 saturated carbocycles. The summed E-state index contributed by atoms with van der Waals surface area (Å²) in [5, 5.41) is 0. The first-order chi connectivity index (χ1) is 11.9. The zero-order valence-electron chi connectivity index (χ0n) is 13.5. The van der Waals surface area contributed by atoms with Gasteiger partial charge in [0.1, 0.15) is 0 Å². The predicted molar refractivity (Wildman–Crippen MR) is 90.4 cm³/mol. The molecule has 2 aliphatic rings. The van der Waals surface area contributed by atoms with Gasteiger partial charge in [-0.25, -0.2) is 8.42 Å². The molecule has 0 radical (unpaired) electrons. The molecule has 2 saturated heterocycles. The molecule has 1 aromatic rings. The second kappa shape index (κ2) is 6.83. The molecule has 25 heavy (non-hydrogen) atoms. The van der Waals surface area contributed by atoms with Gasteiger partial charge >= 0.3 is 0 Å². The molecule has 2 aliphatic heterocycles. The van der Waals surface area contributed by atoms with E-state index in [0.717, 1.165) is 12.1 Å². The van der Waals surface area contributed by atoms with E-state index in [2.05, 4.69) is 10.9 Å². The molecular formula is C16H19N3O5S. The van der Waals surface area contributed by atoms with E-state index in [-0.39, 0.29) is 23.8 Å². The van der Waals surface area contributed by atoms with Gasteiger partial charge in [0, 0.05) is 24.2 Å². The molecule has 2 N–H and O–H groups in total. The first-order valence-electron chi connectivity index (χ1n) is 8.07. The Balaban J connectivity index is 1.55. The van der Waals surface area contributed by atoms with Gasteiger partial charge in [0.2, 0.25) is 11.8 Å². The third kappa shape index (κ3) is 3.98. The van der Waals surface area contributed by atoms with Crippen molar-refractivity contribution >= 4 is 33.2 Å². The molecular weight excluding hydrogens is 346 g/mol. The van der Waals surface area contributed by atoms with Crippen LogP contribution < -0.4 is 15.8 Å². The summed E-state index contributed by atoms with van der Waals surface area (Å²) in [5.74, 6) is -1.77. The van der Waals surface area contributed by atoms with Crippen LogP contribution in [0.25, 0.3) is 0 Å². The van der Waals surface area contributed by atoms with Crippen LogP contribution in [0, 0.1) is 5.92 Å². The van der Waals surface area contributed by atoms with Crippen LogP contribution in [-0.2, 0) is 19.4 Å². The average Bonchev–Trinajstić information content (AvgIpc) is 3.17. The summed E-state index contributed by atoms with van der Waals surface area (Å²) in [7, 11) is -3.15. The highest BCUT2D eigenvalue weighted by Crippen LogP contribution is 2.21. The maximum Gasteiger partial charge on any atom is 0.269 e. The maximum absolute atomic E-state index is 12.1. The van der Waals surface area contributed by atoms with Crippen molar-refractivity contribution in [3.8, 4) is 0 Å².